The first-order valence-electron chi connectivity index (χ1n) is 5.45. The van der Waals surface area contributed by atoms with Gasteiger partial charge in [-0.3, -0.25) is 0 Å². The molecule has 2 rings (SSSR count). The zero-order valence-electron chi connectivity index (χ0n) is 9.75. The van der Waals surface area contributed by atoms with E-state index in [1.807, 2.05) is 12.1 Å². The van der Waals surface area contributed by atoms with Crippen LogP contribution in [0.3, 0.4) is 0 Å². The largest absolute Gasteiger partial charge is 0.491 e. The summed E-state index contributed by atoms with van der Waals surface area (Å²) in [4.78, 5) is 4.21. The Morgan fingerprint density at radius 1 is 1.26 bits per heavy atom. The van der Waals surface area contributed by atoms with Gasteiger partial charge in [-0.05, 0) is 39.7 Å². The van der Waals surface area contributed by atoms with Crippen molar-refractivity contribution in [3.8, 4) is 0 Å². The molecule has 0 aliphatic carbocycles. The third kappa shape index (κ3) is 4.04. The molecular weight excluding hydrogens is 332 g/mol. The van der Waals surface area contributed by atoms with Gasteiger partial charge in [0, 0.05) is 21.9 Å². The molecule has 0 saturated heterocycles. The molecule has 1 heterocycles. The first-order valence-corrected chi connectivity index (χ1v) is 7.23. The van der Waals surface area contributed by atoms with E-state index in [0.29, 0.717) is 5.75 Å². The van der Waals surface area contributed by atoms with Crippen LogP contribution in [-0.4, -0.2) is 22.2 Å². The third-order valence-corrected chi connectivity index (χ3v) is 3.91. The van der Waals surface area contributed by atoms with E-state index in [2.05, 4.69) is 20.9 Å². The molecule has 0 unspecified atom stereocenters. The highest BCUT2D eigenvalue weighted by Gasteiger charge is 2.16. The molecule has 1 aromatic carbocycles. The third-order valence-electron chi connectivity index (χ3n) is 2.43. The number of nitrogens with zero attached hydrogens (tertiary/aromatic N) is 1. The molecule has 0 saturated carbocycles. The molecule has 7 heteroatoms. The Hall–Kier alpha value is -0.885. The minimum absolute atomic E-state index is 0.109. The van der Waals surface area contributed by atoms with Crippen molar-refractivity contribution in [1.82, 2.24) is 4.98 Å². The highest BCUT2D eigenvalue weighted by atomic mass is 79.9. The Morgan fingerprint density at radius 2 is 2.05 bits per heavy atom. The highest BCUT2D eigenvalue weighted by Crippen LogP contribution is 2.21. The van der Waals surface area contributed by atoms with Crippen LogP contribution in [-0.2, 0) is 5.75 Å². The van der Waals surface area contributed by atoms with Gasteiger partial charge >= 0.3 is 7.12 Å². The van der Waals surface area contributed by atoms with Crippen LogP contribution in [0.4, 0.5) is 4.39 Å². The lowest BCUT2D eigenvalue weighted by Crippen LogP contribution is -2.33. The maximum absolute atomic E-state index is 13.3. The van der Waals surface area contributed by atoms with Crippen molar-refractivity contribution in [1.29, 1.82) is 0 Å². The molecule has 0 amide bonds. The summed E-state index contributed by atoms with van der Waals surface area (Å²) in [7, 11) is -1.80. The fraction of sp³-hybridized carbons (Fsp3) is 0.0833. The monoisotopic (exact) mass is 341 g/mol. The topological polar surface area (TPSA) is 53.4 Å². The lowest BCUT2D eigenvalue weighted by Gasteiger charge is -2.06. The molecule has 0 bridgehead atoms. The van der Waals surface area contributed by atoms with Crippen molar-refractivity contribution in [3.05, 3.63) is 52.4 Å². The van der Waals surface area contributed by atoms with E-state index < -0.39 is 12.9 Å². The molecule has 0 aliphatic rings. The van der Waals surface area contributed by atoms with Gasteiger partial charge in [0.2, 0.25) is 0 Å². The first kappa shape index (κ1) is 14.5. The molecular formula is C12H10BBrFNO2S. The minimum Gasteiger partial charge on any atom is -0.423 e. The Morgan fingerprint density at radius 3 is 2.68 bits per heavy atom. The van der Waals surface area contributed by atoms with Crippen molar-refractivity contribution in [2.75, 3.05) is 0 Å². The second-order valence-electron chi connectivity index (χ2n) is 3.83. The second-order valence-corrected chi connectivity index (χ2v) is 5.74. The number of hydrogen-bond donors (Lipinski definition) is 2. The molecule has 0 radical (unpaired) electrons. The molecule has 0 atom stereocenters. The summed E-state index contributed by atoms with van der Waals surface area (Å²) >= 11 is 4.80. The molecule has 0 spiro atoms. The number of hydrogen-bond acceptors (Lipinski definition) is 4. The van der Waals surface area contributed by atoms with Crippen molar-refractivity contribution in [2.45, 2.75) is 10.8 Å². The van der Waals surface area contributed by atoms with Crippen LogP contribution in [0.1, 0.15) is 5.56 Å². The molecule has 19 heavy (non-hydrogen) atoms. The summed E-state index contributed by atoms with van der Waals surface area (Å²) in [6.07, 6.45) is 1.70. The van der Waals surface area contributed by atoms with Gasteiger partial charge in [-0.25, -0.2) is 9.37 Å². The summed E-state index contributed by atoms with van der Waals surface area (Å²) < 4.78 is 14.2. The van der Waals surface area contributed by atoms with Crippen molar-refractivity contribution >= 4 is 40.3 Å². The summed E-state index contributed by atoms with van der Waals surface area (Å²) in [6.45, 7) is 0. The van der Waals surface area contributed by atoms with Crippen LogP contribution in [0, 0.1) is 5.82 Å². The molecule has 2 aromatic rings. The smallest absolute Gasteiger partial charge is 0.423 e. The fourth-order valence-electron chi connectivity index (χ4n) is 1.49. The highest BCUT2D eigenvalue weighted by molar-refractivity contribution is 9.10. The van der Waals surface area contributed by atoms with E-state index in [4.69, 9.17) is 10.0 Å². The number of rotatable bonds is 4. The fourth-order valence-corrected chi connectivity index (χ4v) is 2.51. The van der Waals surface area contributed by atoms with Crippen molar-refractivity contribution in [2.24, 2.45) is 0 Å². The number of halogens is 2. The maximum atomic E-state index is 13.3. The summed E-state index contributed by atoms with van der Waals surface area (Å²) in [5.74, 6) is -0.0419. The van der Waals surface area contributed by atoms with Gasteiger partial charge in [0.1, 0.15) is 5.82 Å². The van der Waals surface area contributed by atoms with Gasteiger partial charge in [-0.2, -0.15) is 0 Å². The molecule has 3 nitrogen and oxygen atoms in total. The van der Waals surface area contributed by atoms with Gasteiger partial charge in [-0.1, -0.05) is 12.1 Å². The van der Waals surface area contributed by atoms with Gasteiger partial charge < -0.3 is 10.0 Å². The van der Waals surface area contributed by atoms with E-state index in [1.165, 1.54) is 23.9 Å². The summed E-state index contributed by atoms with van der Waals surface area (Å²) in [5.41, 5.74) is 0.695. The van der Waals surface area contributed by atoms with Crippen LogP contribution in [0.2, 0.25) is 0 Å². The van der Waals surface area contributed by atoms with E-state index >= 15 is 0 Å². The maximum Gasteiger partial charge on any atom is 0.491 e. The lowest BCUT2D eigenvalue weighted by atomic mass is 9.79. The first-order chi connectivity index (χ1) is 9.06. The molecule has 1 aromatic heterocycles. The van der Waals surface area contributed by atoms with Gasteiger partial charge in [-0.15, -0.1) is 11.8 Å². The van der Waals surface area contributed by atoms with E-state index in [9.17, 15) is 4.39 Å². The summed E-state index contributed by atoms with van der Waals surface area (Å²) in [5, 5.41) is 18.9. The van der Waals surface area contributed by atoms with Crippen LogP contribution in [0.25, 0.3) is 0 Å². The van der Waals surface area contributed by atoms with Gasteiger partial charge in [0.05, 0.1) is 5.03 Å². The van der Waals surface area contributed by atoms with Crippen LogP contribution < -0.4 is 5.46 Å². The van der Waals surface area contributed by atoms with Crippen LogP contribution in [0.5, 0.6) is 0 Å². The minimum atomic E-state index is -1.80. The predicted octanol–water partition coefficient (Wildman–Crippen LogP) is 1.96. The Balaban J connectivity index is 2.07. The number of aromatic nitrogens is 1. The van der Waals surface area contributed by atoms with Crippen molar-refractivity contribution in [3.63, 3.8) is 0 Å². The molecule has 2 N–H and O–H groups in total. The molecule has 98 valence electrons. The zero-order valence-corrected chi connectivity index (χ0v) is 12.2. The van der Waals surface area contributed by atoms with Crippen LogP contribution in [0.15, 0.2) is 46.0 Å². The Labute approximate surface area is 123 Å². The predicted molar refractivity (Wildman–Crippen MR) is 77.7 cm³/mol. The van der Waals surface area contributed by atoms with E-state index in [-0.39, 0.29) is 5.46 Å². The standard InChI is InChI=1S/C12H10BBrFNO2S/c14-9-2-4-12(16-6-9)19-7-8-1-3-11(15)10(5-8)13(17)18/h1-6,17-18H,7H2. The number of pyridine rings is 1. The zero-order chi connectivity index (χ0) is 13.8. The lowest BCUT2D eigenvalue weighted by molar-refractivity contribution is 0.423. The Kier molecular flexibility index (Phi) is 4.98. The van der Waals surface area contributed by atoms with E-state index in [0.717, 1.165) is 15.1 Å². The SMILES string of the molecule is OB(O)c1cc(CSc2ccc(Br)cn2)ccc1F. The normalized spacial score (nSPS) is 10.5. The molecule has 0 aliphatic heterocycles. The molecule has 0 fully saturated rings. The second kappa shape index (κ2) is 6.52. The average Bonchev–Trinajstić information content (AvgIpc) is 2.39. The van der Waals surface area contributed by atoms with Gasteiger partial charge in [0.15, 0.2) is 0 Å². The van der Waals surface area contributed by atoms with Crippen LogP contribution >= 0.6 is 27.7 Å². The average molecular weight is 342 g/mol. The Bertz CT molecular complexity index is 568. The quantitative estimate of drug-likeness (QED) is 0.659. The number of thioether (sulfide) groups is 1. The van der Waals surface area contributed by atoms with Gasteiger partial charge in [0.25, 0.3) is 0 Å². The van der Waals surface area contributed by atoms with E-state index in [1.54, 1.807) is 12.3 Å². The number of benzene rings is 1. The summed E-state index contributed by atoms with van der Waals surface area (Å²) in [6, 6.07) is 8.07. The van der Waals surface area contributed by atoms with Crippen molar-refractivity contribution < 1.29 is 14.4 Å².